The predicted molar refractivity (Wildman–Crippen MR) is 121 cm³/mol. The second-order valence-corrected chi connectivity index (χ2v) is 9.78. The molecule has 0 amide bonds. The van der Waals surface area contributed by atoms with E-state index in [2.05, 4.69) is 4.98 Å². The van der Waals surface area contributed by atoms with Gasteiger partial charge in [0.25, 0.3) is 0 Å². The zero-order valence-corrected chi connectivity index (χ0v) is 17.8. The molecule has 7 heteroatoms. The minimum atomic E-state index is -3.57. The number of imidazole rings is 1. The summed E-state index contributed by atoms with van der Waals surface area (Å²) < 4.78 is 29.6. The van der Waals surface area contributed by atoms with Crippen LogP contribution in [0.2, 0.25) is 0 Å². The summed E-state index contributed by atoms with van der Waals surface area (Å²) >= 11 is 0. The van der Waals surface area contributed by atoms with Gasteiger partial charge >= 0.3 is 5.69 Å². The lowest BCUT2D eigenvalue weighted by atomic mass is 10.1. The Labute approximate surface area is 180 Å². The van der Waals surface area contributed by atoms with Crippen LogP contribution in [-0.2, 0) is 10.0 Å². The number of piperidine rings is 1. The van der Waals surface area contributed by atoms with Crippen molar-refractivity contribution in [2.75, 3.05) is 13.1 Å². The molecule has 0 atom stereocenters. The van der Waals surface area contributed by atoms with Crippen LogP contribution >= 0.6 is 0 Å². The second-order valence-electron chi connectivity index (χ2n) is 7.84. The highest BCUT2D eigenvalue weighted by Gasteiger charge is 2.31. The Balaban J connectivity index is 1.34. The van der Waals surface area contributed by atoms with Crippen LogP contribution < -0.4 is 5.69 Å². The number of fused-ring (bicyclic) bond motifs is 1. The molecule has 1 N–H and O–H groups in total. The van der Waals surface area contributed by atoms with Crippen molar-refractivity contribution < 1.29 is 8.42 Å². The zero-order valence-electron chi connectivity index (χ0n) is 16.9. The molecule has 0 spiro atoms. The Bertz CT molecular complexity index is 1370. The highest BCUT2D eigenvalue weighted by Crippen LogP contribution is 2.29. The van der Waals surface area contributed by atoms with Gasteiger partial charge in [0.2, 0.25) is 10.0 Å². The molecule has 6 nitrogen and oxygen atoms in total. The van der Waals surface area contributed by atoms with E-state index in [1.54, 1.807) is 16.7 Å². The van der Waals surface area contributed by atoms with E-state index in [0.29, 0.717) is 30.8 Å². The van der Waals surface area contributed by atoms with Gasteiger partial charge in [0.1, 0.15) is 0 Å². The maximum Gasteiger partial charge on any atom is 0.326 e. The van der Waals surface area contributed by atoms with E-state index in [1.165, 1.54) is 4.31 Å². The number of aromatic nitrogens is 2. The first-order valence-corrected chi connectivity index (χ1v) is 11.8. The van der Waals surface area contributed by atoms with Gasteiger partial charge in [-0.3, -0.25) is 4.57 Å². The normalized spacial score (nSPS) is 16.0. The molecular formula is C24H23N3O3S. The third kappa shape index (κ3) is 3.60. The maximum atomic E-state index is 13.2. The quantitative estimate of drug-likeness (QED) is 0.528. The lowest BCUT2D eigenvalue weighted by molar-refractivity contribution is 0.274. The molecule has 2 heterocycles. The van der Waals surface area contributed by atoms with E-state index < -0.39 is 10.0 Å². The van der Waals surface area contributed by atoms with Crippen LogP contribution in [0.15, 0.2) is 88.6 Å². The number of hydrogen-bond donors (Lipinski definition) is 1. The number of hydrogen-bond acceptors (Lipinski definition) is 3. The number of sulfonamides is 1. The average Bonchev–Trinajstić information content (AvgIpc) is 3.15. The van der Waals surface area contributed by atoms with Crippen molar-refractivity contribution in [3.05, 3.63) is 89.3 Å². The summed E-state index contributed by atoms with van der Waals surface area (Å²) in [5, 5.41) is 0. The summed E-state index contributed by atoms with van der Waals surface area (Å²) in [6.07, 6.45) is 1.20. The first-order valence-electron chi connectivity index (χ1n) is 10.4. The van der Waals surface area contributed by atoms with Gasteiger partial charge in [0, 0.05) is 19.1 Å². The molecule has 1 aliphatic heterocycles. The second kappa shape index (κ2) is 7.83. The maximum absolute atomic E-state index is 13.2. The summed E-state index contributed by atoms with van der Waals surface area (Å²) in [6, 6.07) is 24.5. The van der Waals surface area contributed by atoms with Crippen LogP contribution in [0.1, 0.15) is 18.9 Å². The highest BCUT2D eigenvalue weighted by molar-refractivity contribution is 7.89. The van der Waals surface area contributed by atoms with Crippen molar-refractivity contribution in [1.82, 2.24) is 13.9 Å². The Kier molecular flexibility index (Phi) is 5.00. The number of rotatable bonds is 4. The minimum absolute atomic E-state index is 0.0180. The van der Waals surface area contributed by atoms with Gasteiger partial charge in [-0.2, -0.15) is 4.31 Å². The van der Waals surface area contributed by atoms with Crippen molar-refractivity contribution >= 4 is 21.1 Å². The Hall–Kier alpha value is -3.16. The van der Waals surface area contributed by atoms with Crippen molar-refractivity contribution in [3.8, 4) is 11.1 Å². The number of benzene rings is 3. The summed E-state index contributed by atoms with van der Waals surface area (Å²) in [4.78, 5) is 15.6. The van der Waals surface area contributed by atoms with Crippen LogP contribution in [0.5, 0.6) is 0 Å². The fourth-order valence-corrected chi connectivity index (χ4v) is 5.85. The Morgan fingerprint density at radius 2 is 1.39 bits per heavy atom. The largest absolute Gasteiger partial charge is 0.326 e. The molecule has 0 radical (unpaired) electrons. The van der Waals surface area contributed by atoms with E-state index in [4.69, 9.17) is 0 Å². The summed E-state index contributed by atoms with van der Waals surface area (Å²) in [7, 11) is -3.57. The van der Waals surface area contributed by atoms with Gasteiger partial charge in [0.15, 0.2) is 0 Å². The van der Waals surface area contributed by atoms with Gasteiger partial charge in [0.05, 0.1) is 15.9 Å². The van der Waals surface area contributed by atoms with E-state index in [1.807, 2.05) is 66.7 Å². The number of nitrogens with zero attached hydrogens (tertiary/aromatic N) is 2. The first-order chi connectivity index (χ1) is 15.0. The molecule has 31 heavy (non-hydrogen) atoms. The summed E-state index contributed by atoms with van der Waals surface area (Å²) in [6.45, 7) is 0.777. The van der Waals surface area contributed by atoms with Gasteiger partial charge in [-0.25, -0.2) is 13.2 Å². The van der Waals surface area contributed by atoms with Crippen molar-refractivity contribution in [1.29, 1.82) is 0 Å². The molecular weight excluding hydrogens is 410 g/mol. The zero-order chi connectivity index (χ0) is 21.4. The number of aromatic amines is 1. The highest BCUT2D eigenvalue weighted by atomic mass is 32.2. The van der Waals surface area contributed by atoms with E-state index in [9.17, 15) is 13.2 Å². The van der Waals surface area contributed by atoms with E-state index in [-0.39, 0.29) is 11.7 Å². The van der Waals surface area contributed by atoms with Gasteiger partial charge < -0.3 is 4.98 Å². The van der Waals surface area contributed by atoms with Gasteiger partial charge in [-0.1, -0.05) is 54.6 Å². The molecule has 4 aromatic rings. The monoisotopic (exact) mass is 433 g/mol. The van der Waals surface area contributed by atoms with Crippen LogP contribution in [-0.4, -0.2) is 35.4 Å². The standard InChI is InChI=1S/C24H23N3O3S/c28-24-25-22-8-4-5-9-23(22)27(24)20-14-16-26(17-15-20)31(29,30)21-12-10-19(11-13-21)18-6-2-1-3-7-18/h1-13,20H,14-17H2,(H,25,28). The number of H-pyrrole nitrogens is 1. The van der Waals surface area contributed by atoms with E-state index >= 15 is 0 Å². The average molecular weight is 434 g/mol. The number of para-hydroxylation sites is 2. The fraction of sp³-hybridized carbons (Fsp3) is 0.208. The van der Waals surface area contributed by atoms with E-state index in [0.717, 1.165) is 22.2 Å². The topological polar surface area (TPSA) is 75.2 Å². The molecule has 1 aromatic heterocycles. The lowest BCUT2D eigenvalue weighted by Gasteiger charge is -2.31. The lowest BCUT2D eigenvalue weighted by Crippen LogP contribution is -2.40. The molecule has 1 saturated heterocycles. The molecule has 3 aromatic carbocycles. The Morgan fingerprint density at radius 3 is 2.10 bits per heavy atom. The summed E-state index contributed by atoms with van der Waals surface area (Å²) in [5.74, 6) is 0. The third-order valence-electron chi connectivity index (χ3n) is 6.01. The van der Waals surface area contributed by atoms with Crippen LogP contribution in [0.4, 0.5) is 0 Å². The smallest absolute Gasteiger partial charge is 0.306 e. The van der Waals surface area contributed by atoms with Crippen LogP contribution in [0.25, 0.3) is 22.2 Å². The number of nitrogens with one attached hydrogen (secondary N) is 1. The SMILES string of the molecule is O=c1[nH]c2ccccc2n1C1CCN(S(=O)(=O)c2ccc(-c3ccccc3)cc2)CC1. The van der Waals surface area contributed by atoms with Gasteiger partial charge in [-0.15, -0.1) is 0 Å². The molecule has 1 fully saturated rings. The third-order valence-corrected chi connectivity index (χ3v) is 7.92. The van der Waals surface area contributed by atoms with Crippen molar-refractivity contribution in [2.24, 2.45) is 0 Å². The van der Waals surface area contributed by atoms with Crippen LogP contribution in [0, 0.1) is 0 Å². The fourth-order valence-electron chi connectivity index (χ4n) is 4.38. The molecule has 0 aliphatic carbocycles. The molecule has 5 rings (SSSR count). The predicted octanol–water partition coefficient (Wildman–Crippen LogP) is 4.02. The summed E-state index contributed by atoms with van der Waals surface area (Å²) in [5.41, 5.74) is 3.57. The Morgan fingerprint density at radius 1 is 0.774 bits per heavy atom. The van der Waals surface area contributed by atoms with Crippen LogP contribution in [0.3, 0.4) is 0 Å². The van der Waals surface area contributed by atoms with Crippen molar-refractivity contribution in [3.63, 3.8) is 0 Å². The molecule has 0 unspecified atom stereocenters. The minimum Gasteiger partial charge on any atom is -0.306 e. The molecule has 1 aliphatic rings. The molecule has 0 bridgehead atoms. The first kappa shape index (κ1) is 19.8. The molecule has 158 valence electrons. The van der Waals surface area contributed by atoms with Crippen molar-refractivity contribution in [2.45, 2.75) is 23.8 Å². The molecule has 0 saturated carbocycles. The van der Waals surface area contributed by atoms with Gasteiger partial charge in [-0.05, 0) is 48.2 Å².